The topological polar surface area (TPSA) is 39.7 Å². The van der Waals surface area contributed by atoms with Gasteiger partial charge in [0, 0.05) is 6.61 Å². The first-order chi connectivity index (χ1) is 9.80. The van der Waals surface area contributed by atoms with Gasteiger partial charge in [0.05, 0.1) is 25.4 Å². The van der Waals surface area contributed by atoms with Crippen molar-refractivity contribution >= 4 is 0 Å². The van der Waals surface area contributed by atoms with Crippen LogP contribution in [0.15, 0.2) is 18.2 Å². The van der Waals surface area contributed by atoms with E-state index in [0.29, 0.717) is 13.2 Å². The van der Waals surface area contributed by atoms with Gasteiger partial charge < -0.3 is 19.5 Å². The Hall–Kier alpha value is -1.26. The molecule has 1 aliphatic heterocycles. The smallest absolute Gasteiger partial charge is 0.161 e. The lowest BCUT2D eigenvalue weighted by Gasteiger charge is -2.24. The van der Waals surface area contributed by atoms with Gasteiger partial charge in [0.1, 0.15) is 0 Å². The highest BCUT2D eigenvalue weighted by molar-refractivity contribution is 5.44. The van der Waals surface area contributed by atoms with E-state index in [1.165, 1.54) is 5.56 Å². The van der Waals surface area contributed by atoms with Crippen LogP contribution in [0.3, 0.4) is 0 Å². The van der Waals surface area contributed by atoms with E-state index in [-0.39, 0.29) is 12.1 Å². The zero-order valence-corrected chi connectivity index (χ0v) is 12.6. The van der Waals surface area contributed by atoms with Crippen LogP contribution < -0.4 is 14.8 Å². The molecular formula is C16H25NO3. The van der Waals surface area contributed by atoms with Gasteiger partial charge in [0.2, 0.25) is 0 Å². The summed E-state index contributed by atoms with van der Waals surface area (Å²) < 4.78 is 17.1. The van der Waals surface area contributed by atoms with E-state index in [1.807, 2.05) is 27.0 Å². The number of hydrogen-bond donors (Lipinski definition) is 1. The van der Waals surface area contributed by atoms with Crippen LogP contribution in [0.5, 0.6) is 11.5 Å². The average molecular weight is 279 g/mol. The molecule has 0 saturated carbocycles. The molecule has 0 aliphatic carbocycles. The summed E-state index contributed by atoms with van der Waals surface area (Å²) in [5.41, 5.74) is 1.19. The number of hydrogen-bond acceptors (Lipinski definition) is 4. The molecule has 0 amide bonds. The fourth-order valence-electron chi connectivity index (χ4n) is 2.69. The summed E-state index contributed by atoms with van der Waals surface area (Å²) >= 11 is 0. The molecule has 1 fully saturated rings. The zero-order valence-electron chi connectivity index (χ0n) is 12.6. The summed E-state index contributed by atoms with van der Waals surface area (Å²) in [7, 11) is 1.98. The Kier molecular flexibility index (Phi) is 5.68. The molecule has 2 unspecified atom stereocenters. The number of benzene rings is 1. The maximum absolute atomic E-state index is 5.80. The van der Waals surface area contributed by atoms with Gasteiger partial charge in [0.25, 0.3) is 0 Å². The maximum atomic E-state index is 5.80. The predicted octanol–water partition coefficient (Wildman–Crippen LogP) is 2.92. The fraction of sp³-hybridized carbons (Fsp3) is 0.625. The summed E-state index contributed by atoms with van der Waals surface area (Å²) in [4.78, 5) is 0. The van der Waals surface area contributed by atoms with Crippen LogP contribution in [0.4, 0.5) is 0 Å². The summed E-state index contributed by atoms with van der Waals surface area (Å²) in [5.74, 6) is 1.62. The third-order valence-corrected chi connectivity index (χ3v) is 3.57. The first-order valence-electron chi connectivity index (χ1n) is 7.48. The summed E-state index contributed by atoms with van der Waals surface area (Å²) in [6.45, 7) is 6.09. The van der Waals surface area contributed by atoms with Crippen LogP contribution in [0, 0.1) is 0 Å². The highest BCUT2D eigenvalue weighted by atomic mass is 16.5. The summed E-state index contributed by atoms with van der Waals surface area (Å²) in [5, 5.41) is 3.36. The largest absolute Gasteiger partial charge is 0.490 e. The lowest BCUT2D eigenvalue weighted by molar-refractivity contribution is 0.0806. The normalized spacial score (nSPS) is 19.9. The molecule has 1 saturated heterocycles. The van der Waals surface area contributed by atoms with Crippen LogP contribution >= 0.6 is 0 Å². The molecular weight excluding hydrogens is 254 g/mol. The van der Waals surface area contributed by atoms with Gasteiger partial charge in [-0.05, 0) is 51.4 Å². The van der Waals surface area contributed by atoms with Gasteiger partial charge in [-0.3, -0.25) is 0 Å². The fourth-order valence-corrected chi connectivity index (χ4v) is 2.69. The maximum Gasteiger partial charge on any atom is 0.161 e. The van der Waals surface area contributed by atoms with Gasteiger partial charge in [-0.15, -0.1) is 0 Å². The minimum absolute atomic E-state index is 0.201. The highest BCUT2D eigenvalue weighted by Crippen LogP contribution is 2.34. The molecule has 1 aliphatic rings. The molecule has 0 aromatic heterocycles. The van der Waals surface area contributed by atoms with Gasteiger partial charge in [-0.25, -0.2) is 0 Å². The number of likely N-dealkylation sites (N-methyl/N-ethyl adjacent to an activating group) is 1. The van der Waals surface area contributed by atoms with Crippen LogP contribution in [0.25, 0.3) is 0 Å². The van der Waals surface area contributed by atoms with Crippen molar-refractivity contribution in [2.45, 2.75) is 38.8 Å². The number of rotatable bonds is 7. The van der Waals surface area contributed by atoms with Crippen LogP contribution in [0.1, 0.15) is 38.3 Å². The summed E-state index contributed by atoms with van der Waals surface area (Å²) in [6.07, 6.45) is 2.48. The molecule has 1 N–H and O–H groups in total. The Bertz CT molecular complexity index is 416. The lowest BCUT2D eigenvalue weighted by Crippen LogP contribution is -2.28. The van der Waals surface area contributed by atoms with E-state index >= 15 is 0 Å². The van der Waals surface area contributed by atoms with Crippen molar-refractivity contribution in [1.82, 2.24) is 5.32 Å². The molecule has 4 heteroatoms. The first-order valence-corrected chi connectivity index (χ1v) is 7.48. The molecule has 1 aromatic rings. The molecule has 1 aromatic carbocycles. The van der Waals surface area contributed by atoms with Crippen LogP contribution in [0.2, 0.25) is 0 Å². The van der Waals surface area contributed by atoms with Crippen molar-refractivity contribution in [3.05, 3.63) is 23.8 Å². The van der Waals surface area contributed by atoms with Crippen molar-refractivity contribution in [1.29, 1.82) is 0 Å². The molecule has 0 radical (unpaired) electrons. The Labute approximate surface area is 121 Å². The predicted molar refractivity (Wildman–Crippen MR) is 79.6 cm³/mol. The van der Waals surface area contributed by atoms with Gasteiger partial charge >= 0.3 is 0 Å². The van der Waals surface area contributed by atoms with E-state index in [4.69, 9.17) is 14.2 Å². The van der Waals surface area contributed by atoms with E-state index in [9.17, 15) is 0 Å². The number of nitrogens with one attached hydrogen (secondary N) is 1. The van der Waals surface area contributed by atoms with Crippen LogP contribution in [-0.2, 0) is 4.74 Å². The second kappa shape index (κ2) is 7.50. The minimum atomic E-state index is 0.201. The molecule has 0 spiro atoms. The Morgan fingerprint density at radius 3 is 2.60 bits per heavy atom. The van der Waals surface area contributed by atoms with Gasteiger partial charge in [-0.2, -0.15) is 0 Å². The Morgan fingerprint density at radius 2 is 2.00 bits per heavy atom. The van der Waals surface area contributed by atoms with Crippen LogP contribution in [-0.4, -0.2) is 33.0 Å². The second-order valence-corrected chi connectivity index (χ2v) is 4.89. The number of ether oxygens (including phenoxy) is 3. The van der Waals surface area contributed by atoms with Gasteiger partial charge in [-0.1, -0.05) is 6.07 Å². The standard InChI is InChI=1S/C16H25NO3/c1-4-18-13-9-8-12(11-15(13)19-5-2)16(17-3)14-7-6-10-20-14/h8-9,11,14,16-17H,4-7,10H2,1-3H3. The van der Waals surface area contributed by atoms with Crippen molar-refractivity contribution < 1.29 is 14.2 Å². The molecule has 2 rings (SSSR count). The molecule has 20 heavy (non-hydrogen) atoms. The van der Waals surface area contributed by atoms with E-state index in [2.05, 4.69) is 17.4 Å². The van der Waals surface area contributed by atoms with Crippen molar-refractivity contribution in [2.24, 2.45) is 0 Å². The third kappa shape index (κ3) is 3.44. The Morgan fingerprint density at radius 1 is 1.25 bits per heavy atom. The first kappa shape index (κ1) is 15.1. The molecule has 0 bridgehead atoms. The SMILES string of the molecule is CCOc1ccc(C(NC)C2CCCO2)cc1OCC. The zero-order chi connectivity index (χ0) is 14.4. The van der Waals surface area contributed by atoms with Gasteiger partial charge in [0.15, 0.2) is 11.5 Å². The lowest BCUT2D eigenvalue weighted by atomic mass is 9.99. The second-order valence-electron chi connectivity index (χ2n) is 4.89. The van der Waals surface area contributed by atoms with Crippen molar-refractivity contribution in [2.75, 3.05) is 26.9 Å². The molecule has 4 nitrogen and oxygen atoms in total. The van der Waals surface area contributed by atoms with Crippen molar-refractivity contribution in [3.63, 3.8) is 0 Å². The van der Waals surface area contributed by atoms with Crippen molar-refractivity contribution in [3.8, 4) is 11.5 Å². The third-order valence-electron chi connectivity index (χ3n) is 3.57. The van der Waals surface area contributed by atoms with E-state index in [1.54, 1.807) is 0 Å². The molecule has 112 valence electrons. The quantitative estimate of drug-likeness (QED) is 0.833. The monoisotopic (exact) mass is 279 g/mol. The highest BCUT2D eigenvalue weighted by Gasteiger charge is 2.26. The minimum Gasteiger partial charge on any atom is -0.490 e. The van der Waals surface area contributed by atoms with E-state index < -0.39 is 0 Å². The Balaban J connectivity index is 2.23. The summed E-state index contributed by atoms with van der Waals surface area (Å²) in [6, 6.07) is 6.35. The molecule has 2 atom stereocenters. The average Bonchev–Trinajstić information content (AvgIpc) is 2.97. The van der Waals surface area contributed by atoms with E-state index in [0.717, 1.165) is 30.9 Å². The molecule has 1 heterocycles.